The Kier molecular flexibility index (Phi) is 3.69. The number of carbonyl (C=O) groups excluding carboxylic acids is 1. The van der Waals surface area contributed by atoms with Gasteiger partial charge in [-0.25, -0.2) is 0 Å². The maximum atomic E-state index is 12.1. The lowest BCUT2D eigenvalue weighted by molar-refractivity contribution is 0.0736. The molecule has 3 nitrogen and oxygen atoms in total. The van der Waals surface area contributed by atoms with Gasteiger partial charge in [-0.2, -0.15) is 0 Å². The van der Waals surface area contributed by atoms with Gasteiger partial charge in [0.1, 0.15) is 0 Å². The first-order valence-corrected chi connectivity index (χ1v) is 5.89. The summed E-state index contributed by atoms with van der Waals surface area (Å²) in [5, 5.41) is 4.09. The molecule has 1 aromatic rings. The molecule has 0 unspecified atom stereocenters. The van der Waals surface area contributed by atoms with Gasteiger partial charge >= 0.3 is 0 Å². The molecule has 1 heterocycles. The van der Waals surface area contributed by atoms with E-state index in [4.69, 9.17) is 23.2 Å². The highest BCUT2D eigenvalue weighted by Gasteiger charge is 2.18. The van der Waals surface area contributed by atoms with Crippen LogP contribution in [0.25, 0.3) is 0 Å². The molecule has 1 aliphatic rings. The first-order chi connectivity index (χ1) is 7.68. The molecule has 0 radical (unpaired) electrons. The fourth-order valence-electron chi connectivity index (χ4n) is 1.68. The molecule has 1 fully saturated rings. The van der Waals surface area contributed by atoms with E-state index in [1.165, 1.54) is 0 Å². The zero-order chi connectivity index (χ0) is 11.5. The molecule has 0 bridgehead atoms. The number of carbonyl (C=O) groups is 1. The van der Waals surface area contributed by atoms with Gasteiger partial charge in [0.2, 0.25) is 0 Å². The maximum Gasteiger partial charge on any atom is 0.253 e. The van der Waals surface area contributed by atoms with Gasteiger partial charge in [-0.3, -0.25) is 4.79 Å². The molecule has 16 heavy (non-hydrogen) atoms. The van der Waals surface area contributed by atoms with Crippen LogP contribution < -0.4 is 5.32 Å². The third kappa shape index (κ3) is 2.48. The van der Waals surface area contributed by atoms with Crippen LogP contribution in [0, 0.1) is 0 Å². The van der Waals surface area contributed by atoms with E-state index in [2.05, 4.69) is 5.32 Å². The van der Waals surface area contributed by atoms with Crippen molar-refractivity contribution in [1.82, 2.24) is 10.2 Å². The first-order valence-electron chi connectivity index (χ1n) is 5.13. The van der Waals surface area contributed by atoms with Gasteiger partial charge < -0.3 is 10.2 Å². The molecule has 1 N–H and O–H groups in total. The van der Waals surface area contributed by atoms with E-state index >= 15 is 0 Å². The largest absolute Gasteiger partial charge is 0.336 e. The Hall–Kier alpha value is -0.770. The molecule has 86 valence electrons. The highest BCUT2D eigenvalue weighted by atomic mass is 35.5. The summed E-state index contributed by atoms with van der Waals surface area (Å²) in [7, 11) is 0. The van der Waals surface area contributed by atoms with Gasteiger partial charge in [0, 0.05) is 31.7 Å². The number of amides is 1. The summed E-state index contributed by atoms with van der Waals surface area (Å²) in [6.45, 7) is 3.15. The molecule has 1 saturated heterocycles. The molecular formula is C11H12Cl2N2O. The van der Waals surface area contributed by atoms with Gasteiger partial charge in [-0.1, -0.05) is 23.2 Å². The highest BCUT2D eigenvalue weighted by molar-refractivity contribution is 6.42. The fourth-order valence-corrected chi connectivity index (χ4v) is 1.98. The lowest BCUT2D eigenvalue weighted by Gasteiger charge is -2.27. The molecule has 5 heteroatoms. The molecule has 0 atom stereocenters. The van der Waals surface area contributed by atoms with Crippen LogP contribution >= 0.6 is 23.2 Å². The van der Waals surface area contributed by atoms with Gasteiger partial charge in [0.25, 0.3) is 5.91 Å². The van der Waals surface area contributed by atoms with E-state index in [0.29, 0.717) is 15.6 Å². The van der Waals surface area contributed by atoms with E-state index in [1.807, 2.05) is 4.90 Å². The van der Waals surface area contributed by atoms with Crippen LogP contribution in [-0.2, 0) is 0 Å². The van der Waals surface area contributed by atoms with E-state index in [1.54, 1.807) is 18.2 Å². The summed E-state index contributed by atoms with van der Waals surface area (Å²) in [5.74, 6) is 0.0140. The van der Waals surface area contributed by atoms with Crippen molar-refractivity contribution in [1.29, 1.82) is 0 Å². The Morgan fingerprint density at radius 3 is 2.50 bits per heavy atom. The summed E-state index contributed by atoms with van der Waals surface area (Å²) in [4.78, 5) is 13.9. The number of piperazine rings is 1. The minimum absolute atomic E-state index is 0.0140. The van der Waals surface area contributed by atoms with Gasteiger partial charge in [-0.05, 0) is 18.2 Å². The average molecular weight is 259 g/mol. The zero-order valence-electron chi connectivity index (χ0n) is 8.67. The molecule has 0 saturated carbocycles. The number of benzene rings is 1. The Balaban J connectivity index is 2.16. The molecular weight excluding hydrogens is 247 g/mol. The number of hydrogen-bond acceptors (Lipinski definition) is 2. The predicted octanol–water partition coefficient (Wildman–Crippen LogP) is 2.04. The SMILES string of the molecule is O=C(c1ccc(Cl)c(Cl)c1)N1CCNCC1. The Morgan fingerprint density at radius 1 is 1.19 bits per heavy atom. The minimum atomic E-state index is 0.0140. The van der Waals surface area contributed by atoms with E-state index < -0.39 is 0 Å². The molecule has 1 aromatic carbocycles. The van der Waals surface area contributed by atoms with Crippen molar-refractivity contribution < 1.29 is 4.79 Å². The number of nitrogens with zero attached hydrogens (tertiary/aromatic N) is 1. The van der Waals surface area contributed by atoms with E-state index in [0.717, 1.165) is 26.2 Å². The molecule has 0 aromatic heterocycles. The quantitative estimate of drug-likeness (QED) is 0.837. The minimum Gasteiger partial charge on any atom is -0.336 e. The van der Waals surface area contributed by atoms with Gasteiger partial charge in [-0.15, -0.1) is 0 Å². The van der Waals surface area contributed by atoms with Crippen LogP contribution in [-0.4, -0.2) is 37.0 Å². The summed E-state index contributed by atoms with van der Waals surface area (Å²) >= 11 is 11.7. The van der Waals surface area contributed by atoms with Crippen molar-refractivity contribution in [3.05, 3.63) is 33.8 Å². The van der Waals surface area contributed by atoms with Crippen molar-refractivity contribution >= 4 is 29.1 Å². The summed E-state index contributed by atoms with van der Waals surface area (Å²) in [6, 6.07) is 4.98. The van der Waals surface area contributed by atoms with Crippen molar-refractivity contribution in [3.8, 4) is 0 Å². The normalized spacial score (nSPS) is 16.2. The predicted molar refractivity (Wildman–Crippen MR) is 65.2 cm³/mol. The summed E-state index contributed by atoms with van der Waals surface area (Å²) in [5.41, 5.74) is 0.594. The van der Waals surface area contributed by atoms with E-state index in [-0.39, 0.29) is 5.91 Å². The number of hydrogen-bond donors (Lipinski definition) is 1. The van der Waals surface area contributed by atoms with Crippen molar-refractivity contribution in [2.75, 3.05) is 26.2 Å². The van der Waals surface area contributed by atoms with Crippen LogP contribution in [0.3, 0.4) is 0 Å². The number of nitrogens with one attached hydrogen (secondary N) is 1. The number of halogens is 2. The van der Waals surface area contributed by atoms with Gasteiger partial charge in [0.05, 0.1) is 10.0 Å². The molecule has 1 amide bonds. The Labute approximate surface area is 104 Å². The second-order valence-electron chi connectivity index (χ2n) is 3.67. The first kappa shape index (κ1) is 11.7. The third-order valence-electron chi connectivity index (χ3n) is 2.57. The monoisotopic (exact) mass is 258 g/mol. The van der Waals surface area contributed by atoms with E-state index in [9.17, 15) is 4.79 Å². The second kappa shape index (κ2) is 5.04. The van der Waals surface area contributed by atoms with Crippen molar-refractivity contribution in [2.45, 2.75) is 0 Å². The molecule has 2 rings (SSSR count). The molecule has 1 aliphatic heterocycles. The lowest BCUT2D eigenvalue weighted by Crippen LogP contribution is -2.46. The second-order valence-corrected chi connectivity index (χ2v) is 4.49. The lowest BCUT2D eigenvalue weighted by atomic mass is 10.2. The summed E-state index contributed by atoms with van der Waals surface area (Å²) in [6.07, 6.45) is 0. The Bertz CT molecular complexity index is 403. The average Bonchev–Trinajstić information content (AvgIpc) is 2.33. The van der Waals surface area contributed by atoms with Crippen LogP contribution in [0.1, 0.15) is 10.4 Å². The molecule has 0 aliphatic carbocycles. The molecule has 0 spiro atoms. The standard InChI is InChI=1S/C11H12Cl2N2O/c12-9-2-1-8(7-10(9)13)11(16)15-5-3-14-4-6-15/h1-2,7,14H,3-6H2. The maximum absolute atomic E-state index is 12.1. The zero-order valence-corrected chi connectivity index (χ0v) is 10.2. The van der Waals surface area contributed by atoms with Crippen LogP contribution in [0.15, 0.2) is 18.2 Å². The number of rotatable bonds is 1. The van der Waals surface area contributed by atoms with Crippen LogP contribution in [0.5, 0.6) is 0 Å². The topological polar surface area (TPSA) is 32.3 Å². The highest BCUT2D eigenvalue weighted by Crippen LogP contribution is 2.23. The van der Waals surface area contributed by atoms with Crippen LogP contribution in [0.4, 0.5) is 0 Å². The van der Waals surface area contributed by atoms with Crippen molar-refractivity contribution in [3.63, 3.8) is 0 Å². The third-order valence-corrected chi connectivity index (χ3v) is 3.31. The van der Waals surface area contributed by atoms with Gasteiger partial charge in [0.15, 0.2) is 0 Å². The fraction of sp³-hybridized carbons (Fsp3) is 0.364. The van der Waals surface area contributed by atoms with Crippen LogP contribution in [0.2, 0.25) is 10.0 Å². The summed E-state index contributed by atoms with van der Waals surface area (Å²) < 4.78 is 0. The van der Waals surface area contributed by atoms with Crippen molar-refractivity contribution in [2.24, 2.45) is 0 Å². The smallest absolute Gasteiger partial charge is 0.253 e. The Morgan fingerprint density at radius 2 is 1.88 bits per heavy atom.